The van der Waals surface area contributed by atoms with E-state index in [2.05, 4.69) is 30.6 Å². The molecule has 3 nitrogen and oxygen atoms in total. The zero-order valence-electron chi connectivity index (χ0n) is 10.0. The zero-order valence-corrected chi connectivity index (χ0v) is 10.8. The van der Waals surface area contributed by atoms with Gasteiger partial charge in [-0.25, -0.2) is 0 Å². The van der Waals surface area contributed by atoms with Gasteiger partial charge < -0.3 is 4.74 Å². The molecule has 0 fully saturated rings. The van der Waals surface area contributed by atoms with Crippen LogP contribution in [0.2, 0.25) is 0 Å². The van der Waals surface area contributed by atoms with Gasteiger partial charge in [0.1, 0.15) is 0 Å². The number of rotatable bonds is 6. The third-order valence-electron chi connectivity index (χ3n) is 2.29. The highest BCUT2D eigenvalue weighted by molar-refractivity contribution is 7.10. The van der Waals surface area contributed by atoms with E-state index >= 15 is 0 Å². The lowest BCUT2D eigenvalue weighted by Crippen LogP contribution is -2.31. The number of ether oxygens (including phenoxy) is 1. The highest BCUT2D eigenvalue weighted by atomic mass is 32.1. The normalized spacial score (nSPS) is 12.8. The lowest BCUT2D eigenvalue weighted by molar-refractivity contribution is -0.142. The molecule has 1 heterocycles. The zero-order chi connectivity index (χ0) is 12.0. The molecule has 0 aliphatic rings. The molecular weight excluding hydrogens is 222 g/mol. The second kappa shape index (κ2) is 6.66. The summed E-state index contributed by atoms with van der Waals surface area (Å²) < 4.78 is 4.89. The van der Waals surface area contributed by atoms with Crippen LogP contribution in [0.5, 0.6) is 0 Å². The summed E-state index contributed by atoms with van der Waals surface area (Å²) in [6.45, 7) is 6.81. The summed E-state index contributed by atoms with van der Waals surface area (Å²) in [6.07, 6.45) is 0. The van der Waals surface area contributed by atoms with Crippen molar-refractivity contribution in [3.05, 3.63) is 22.4 Å². The van der Waals surface area contributed by atoms with Crippen molar-refractivity contribution >= 4 is 17.3 Å². The van der Waals surface area contributed by atoms with Crippen molar-refractivity contribution in [1.82, 2.24) is 5.32 Å². The van der Waals surface area contributed by atoms with Crippen molar-refractivity contribution in [1.29, 1.82) is 0 Å². The third-order valence-corrected chi connectivity index (χ3v) is 3.24. The molecule has 4 heteroatoms. The molecule has 1 atom stereocenters. The number of esters is 1. The Bertz CT molecular complexity index is 309. The molecule has 16 heavy (non-hydrogen) atoms. The molecule has 0 amide bonds. The Hall–Kier alpha value is -0.870. The van der Waals surface area contributed by atoms with E-state index in [0.29, 0.717) is 12.5 Å². The largest absolute Gasteiger partial charge is 0.465 e. The van der Waals surface area contributed by atoms with Gasteiger partial charge >= 0.3 is 5.97 Å². The summed E-state index contributed by atoms with van der Waals surface area (Å²) >= 11 is 1.71. The summed E-state index contributed by atoms with van der Waals surface area (Å²) in [5.41, 5.74) is 0. The first kappa shape index (κ1) is 13.2. The van der Waals surface area contributed by atoms with E-state index in [4.69, 9.17) is 4.74 Å². The van der Waals surface area contributed by atoms with Crippen LogP contribution in [0.4, 0.5) is 0 Å². The van der Waals surface area contributed by atoms with Crippen molar-refractivity contribution in [2.24, 2.45) is 5.92 Å². The smallest absolute Gasteiger partial charge is 0.319 e. The average Bonchev–Trinajstić information content (AvgIpc) is 2.71. The van der Waals surface area contributed by atoms with E-state index in [-0.39, 0.29) is 18.6 Å². The summed E-state index contributed by atoms with van der Waals surface area (Å²) in [5.74, 6) is 0.262. The molecule has 90 valence electrons. The van der Waals surface area contributed by atoms with Crippen LogP contribution in [0.3, 0.4) is 0 Å². The number of hydrogen-bond acceptors (Lipinski definition) is 4. The highest BCUT2D eigenvalue weighted by Gasteiger charge is 2.17. The van der Waals surface area contributed by atoms with Gasteiger partial charge in [-0.1, -0.05) is 19.9 Å². The van der Waals surface area contributed by atoms with Crippen molar-refractivity contribution in [2.75, 3.05) is 13.2 Å². The van der Waals surface area contributed by atoms with Crippen LogP contribution in [-0.2, 0) is 9.53 Å². The lowest BCUT2D eigenvalue weighted by atomic mass is 10.0. The first-order valence-electron chi connectivity index (χ1n) is 5.57. The summed E-state index contributed by atoms with van der Waals surface area (Å²) in [5, 5.41) is 5.29. The Morgan fingerprint density at radius 3 is 2.81 bits per heavy atom. The average molecular weight is 241 g/mol. The highest BCUT2D eigenvalue weighted by Crippen LogP contribution is 2.25. The SMILES string of the molecule is CCOC(=O)CNC(c1cccs1)C(C)C. The molecule has 0 spiro atoms. The standard InChI is InChI=1S/C12H19NO2S/c1-4-15-11(14)8-13-12(9(2)3)10-6-5-7-16-10/h5-7,9,12-13H,4,8H2,1-3H3. The molecular formula is C12H19NO2S. The monoisotopic (exact) mass is 241 g/mol. The van der Waals surface area contributed by atoms with Gasteiger partial charge in [0.15, 0.2) is 0 Å². The lowest BCUT2D eigenvalue weighted by Gasteiger charge is -2.20. The maximum absolute atomic E-state index is 11.3. The van der Waals surface area contributed by atoms with Crippen LogP contribution in [0, 0.1) is 5.92 Å². The third kappa shape index (κ3) is 3.94. The fourth-order valence-corrected chi connectivity index (χ4v) is 2.51. The topological polar surface area (TPSA) is 38.3 Å². The second-order valence-electron chi connectivity index (χ2n) is 3.92. The minimum Gasteiger partial charge on any atom is -0.465 e. The number of thiophene rings is 1. The number of carbonyl (C=O) groups excluding carboxylic acids is 1. The second-order valence-corrected chi connectivity index (χ2v) is 4.90. The van der Waals surface area contributed by atoms with Gasteiger partial charge in [-0.15, -0.1) is 11.3 Å². The van der Waals surface area contributed by atoms with E-state index in [0.717, 1.165) is 0 Å². The van der Waals surface area contributed by atoms with Gasteiger partial charge in [0, 0.05) is 10.9 Å². The van der Waals surface area contributed by atoms with Crippen molar-refractivity contribution in [3.63, 3.8) is 0 Å². The molecule has 1 aromatic heterocycles. The summed E-state index contributed by atoms with van der Waals surface area (Å²) in [4.78, 5) is 12.5. The van der Waals surface area contributed by atoms with Crippen LogP contribution in [0.15, 0.2) is 17.5 Å². The maximum atomic E-state index is 11.3. The summed E-state index contributed by atoms with van der Waals surface area (Å²) in [7, 11) is 0. The molecule has 0 saturated heterocycles. The molecule has 1 rings (SSSR count). The Labute approximate surface area is 101 Å². The number of carbonyl (C=O) groups is 1. The van der Waals surface area contributed by atoms with Crippen molar-refractivity contribution in [2.45, 2.75) is 26.8 Å². The Kier molecular flexibility index (Phi) is 5.49. The quantitative estimate of drug-likeness (QED) is 0.778. The van der Waals surface area contributed by atoms with Gasteiger partial charge in [0.25, 0.3) is 0 Å². The first-order chi connectivity index (χ1) is 7.65. The molecule has 0 saturated carbocycles. The van der Waals surface area contributed by atoms with Crippen LogP contribution < -0.4 is 5.32 Å². The van der Waals surface area contributed by atoms with Crippen LogP contribution in [0.25, 0.3) is 0 Å². The molecule has 1 aromatic rings. The Morgan fingerprint density at radius 1 is 1.56 bits per heavy atom. The first-order valence-corrected chi connectivity index (χ1v) is 6.45. The molecule has 0 radical (unpaired) electrons. The maximum Gasteiger partial charge on any atom is 0.319 e. The number of nitrogens with one attached hydrogen (secondary N) is 1. The molecule has 0 aromatic carbocycles. The molecule has 1 N–H and O–H groups in total. The van der Waals surface area contributed by atoms with Crippen molar-refractivity contribution in [3.8, 4) is 0 Å². The Morgan fingerprint density at radius 2 is 2.31 bits per heavy atom. The molecule has 0 aliphatic carbocycles. The van der Waals surface area contributed by atoms with Gasteiger partial charge in [-0.05, 0) is 24.3 Å². The predicted octanol–water partition coefficient (Wildman–Crippen LogP) is 2.60. The van der Waals surface area contributed by atoms with Crippen molar-refractivity contribution < 1.29 is 9.53 Å². The van der Waals surface area contributed by atoms with Gasteiger partial charge in [0.05, 0.1) is 13.2 Å². The van der Waals surface area contributed by atoms with E-state index in [1.54, 1.807) is 11.3 Å². The van der Waals surface area contributed by atoms with E-state index in [1.165, 1.54) is 4.88 Å². The minimum atomic E-state index is -0.190. The van der Waals surface area contributed by atoms with Crippen LogP contribution >= 0.6 is 11.3 Å². The molecule has 1 unspecified atom stereocenters. The number of hydrogen-bond donors (Lipinski definition) is 1. The van der Waals surface area contributed by atoms with Crippen LogP contribution in [0.1, 0.15) is 31.7 Å². The fourth-order valence-electron chi connectivity index (χ4n) is 1.54. The van der Waals surface area contributed by atoms with Crippen LogP contribution in [-0.4, -0.2) is 19.1 Å². The molecule has 0 aliphatic heterocycles. The summed E-state index contributed by atoms with van der Waals surface area (Å²) in [6, 6.07) is 4.35. The predicted molar refractivity (Wildman–Crippen MR) is 66.5 cm³/mol. The Balaban J connectivity index is 2.50. The van der Waals surface area contributed by atoms with E-state index in [9.17, 15) is 4.79 Å². The van der Waals surface area contributed by atoms with Gasteiger partial charge in [0.2, 0.25) is 0 Å². The van der Waals surface area contributed by atoms with E-state index in [1.807, 2.05) is 13.0 Å². The van der Waals surface area contributed by atoms with E-state index < -0.39 is 0 Å². The van der Waals surface area contributed by atoms with Gasteiger partial charge in [-0.3, -0.25) is 10.1 Å². The molecule has 0 bridgehead atoms. The fraction of sp³-hybridized carbons (Fsp3) is 0.583. The minimum absolute atomic E-state index is 0.190. The van der Waals surface area contributed by atoms with Gasteiger partial charge in [-0.2, -0.15) is 0 Å².